The van der Waals surface area contributed by atoms with E-state index in [1.807, 2.05) is 31.2 Å². The summed E-state index contributed by atoms with van der Waals surface area (Å²) < 4.78 is 28.6. The van der Waals surface area contributed by atoms with E-state index in [0.717, 1.165) is 5.56 Å². The summed E-state index contributed by atoms with van der Waals surface area (Å²) in [6.07, 6.45) is 1.09. The Hall–Kier alpha value is -1.87. The molecule has 1 N–H and O–H groups in total. The minimum absolute atomic E-state index is 0.0310. The average molecular weight is 410 g/mol. The van der Waals surface area contributed by atoms with Crippen LogP contribution in [0.25, 0.3) is 0 Å². The van der Waals surface area contributed by atoms with Gasteiger partial charge in [-0.3, -0.25) is 4.79 Å². The van der Waals surface area contributed by atoms with E-state index >= 15 is 0 Å². The summed E-state index contributed by atoms with van der Waals surface area (Å²) in [4.78, 5) is 12.3. The summed E-state index contributed by atoms with van der Waals surface area (Å²) in [6, 6.07) is 7.99. The van der Waals surface area contributed by atoms with Gasteiger partial charge in [0.25, 0.3) is 5.22 Å². The number of sulfone groups is 1. The van der Waals surface area contributed by atoms with Crippen molar-refractivity contribution in [1.82, 2.24) is 15.5 Å². The third kappa shape index (κ3) is 5.80. The number of carbonyl (C=O) groups is 1. The van der Waals surface area contributed by atoms with Crippen LogP contribution in [-0.2, 0) is 27.6 Å². The quantitative estimate of drug-likeness (QED) is 0.699. The zero-order valence-electron chi connectivity index (χ0n) is 15.3. The van der Waals surface area contributed by atoms with Gasteiger partial charge in [0.15, 0.2) is 9.84 Å². The van der Waals surface area contributed by atoms with E-state index in [2.05, 4.69) is 15.5 Å². The number of carbonyl (C=O) groups excluding carboxylic acids is 1. The number of hydrogen-bond acceptors (Lipinski definition) is 7. The van der Waals surface area contributed by atoms with Gasteiger partial charge in [0.2, 0.25) is 11.8 Å². The van der Waals surface area contributed by atoms with E-state index in [4.69, 9.17) is 4.42 Å². The first-order chi connectivity index (χ1) is 12.8. The molecule has 7 nitrogen and oxygen atoms in total. The number of rotatable bonds is 7. The fourth-order valence-electron chi connectivity index (χ4n) is 2.89. The maximum absolute atomic E-state index is 12.3. The van der Waals surface area contributed by atoms with Crippen molar-refractivity contribution in [1.29, 1.82) is 0 Å². The van der Waals surface area contributed by atoms with Crippen LogP contribution in [0.4, 0.5) is 0 Å². The molecule has 1 saturated heterocycles. The average Bonchev–Trinajstić information content (AvgIpc) is 3.20. The van der Waals surface area contributed by atoms with Gasteiger partial charge in [0.05, 0.1) is 16.8 Å². The number of amides is 1. The molecule has 0 spiro atoms. The minimum Gasteiger partial charge on any atom is -0.416 e. The van der Waals surface area contributed by atoms with E-state index in [-0.39, 0.29) is 28.6 Å². The smallest absolute Gasteiger partial charge is 0.277 e. The van der Waals surface area contributed by atoms with Gasteiger partial charge in [-0.05, 0) is 31.7 Å². The summed E-state index contributed by atoms with van der Waals surface area (Å²) in [7, 11) is -2.92. The Morgan fingerprint density at radius 3 is 2.74 bits per heavy atom. The van der Waals surface area contributed by atoms with Crippen molar-refractivity contribution >= 4 is 27.5 Å². The molecule has 2 aromatic rings. The summed E-state index contributed by atoms with van der Waals surface area (Å²) in [5, 5.41) is 10.8. The minimum atomic E-state index is -2.92. The predicted molar refractivity (Wildman–Crippen MR) is 103 cm³/mol. The molecule has 0 unspecified atom stereocenters. The molecule has 3 rings (SSSR count). The molecule has 2 heterocycles. The Morgan fingerprint density at radius 2 is 2.07 bits per heavy atom. The molecule has 1 aromatic carbocycles. The van der Waals surface area contributed by atoms with Crippen LogP contribution < -0.4 is 5.32 Å². The third-order valence-corrected chi connectivity index (χ3v) is 7.24. The highest BCUT2D eigenvalue weighted by Gasteiger charge is 2.29. The standard InChI is InChI=1S/C18H23N3O4S2/c1-12-3-5-14(6-4-12)10-19-17(22)13(2)26-18-21-20-16(25-18)9-15-7-8-27(23,24)11-15/h3-6,13,15H,7-11H2,1-2H3,(H,19,22)/t13-,15-/m1/s1. The number of nitrogens with zero attached hydrogens (tertiary/aromatic N) is 2. The molecule has 146 valence electrons. The summed E-state index contributed by atoms with van der Waals surface area (Å²) in [6.45, 7) is 4.27. The van der Waals surface area contributed by atoms with E-state index in [0.29, 0.717) is 30.5 Å². The van der Waals surface area contributed by atoms with Gasteiger partial charge >= 0.3 is 0 Å². The van der Waals surface area contributed by atoms with Crippen molar-refractivity contribution in [3.63, 3.8) is 0 Å². The lowest BCUT2D eigenvalue weighted by molar-refractivity contribution is -0.120. The molecule has 1 aliphatic heterocycles. The van der Waals surface area contributed by atoms with Gasteiger partial charge in [-0.25, -0.2) is 8.42 Å². The lowest BCUT2D eigenvalue weighted by Crippen LogP contribution is -2.30. The zero-order chi connectivity index (χ0) is 19.4. The Balaban J connectivity index is 1.47. The number of benzene rings is 1. The zero-order valence-corrected chi connectivity index (χ0v) is 17.0. The van der Waals surface area contributed by atoms with E-state index in [1.54, 1.807) is 6.92 Å². The molecule has 1 amide bonds. The molecule has 0 saturated carbocycles. The van der Waals surface area contributed by atoms with Crippen molar-refractivity contribution in [2.75, 3.05) is 11.5 Å². The molecule has 2 atom stereocenters. The monoisotopic (exact) mass is 409 g/mol. The van der Waals surface area contributed by atoms with Gasteiger partial charge in [0.1, 0.15) is 0 Å². The molecule has 1 fully saturated rings. The van der Waals surface area contributed by atoms with Crippen LogP contribution in [0.15, 0.2) is 33.9 Å². The lowest BCUT2D eigenvalue weighted by atomic mass is 10.1. The number of hydrogen-bond donors (Lipinski definition) is 1. The Morgan fingerprint density at radius 1 is 1.33 bits per heavy atom. The first-order valence-electron chi connectivity index (χ1n) is 8.83. The largest absolute Gasteiger partial charge is 0.416 e. The van der Waals surface area contributed by atoms with Gasteiger partial charge in [-0.1, -0.05) is 41.6 Å². The maximum atomic E-state index is 12.3. The second-order valence-electron chi connectivity index (χ2n) is 6.90. The molecule has 1 aromatic heterocycles. The SMILES string of the molecule is Cc1ccc(CNC(=O)[C@@H](C)Sc2nnc(C[C@H]3CCS(=O)(=O)C3)o2)cc1. The van der Waals surface area contributed by atoms with Crippen LogP contribution >= 0.6 is 11.8 Å². The molecule has 0 aliphatic carbocycles. The van der Waals surface area contributed by atoms with Crippen molar-refractivity contribution in [3.8, 4) is 0 Å². The normalized spacial score (nSPS) is 19.7. The van der Waals surface area contributed by atoms with E-state index in [1.165, 1.54) is 17.3 Å². The van der Waals surface area contributed by atoms with Gasteiger partial charge in [0, 0.05) is 13.0 Å². The fraction of sp³-hybridized carbons (Fsp3) is 0.500. The topological polar surface area (TPSA) is 102 Å². The Labute approximate surface area is 163 Å². The number of nitrogens with one attached hydrogen (secondary N) is 1. The van der Waals surface area contributed by atoms with Crippen LogP contribution in [0.2, 0.25) is 0 Å². The summed E-state index contributed by atoms with van der Waals surface area (Å²) in [5.41, 5.74) is 2.22. The van der Waals surface area contributed by atoms with Crippen molar-refractivity contribution in [2.24, 2.45) is 5.92 Å². The van der Waals surface area contributed by atoms with E-state index in [9.17, 15) is 13.2 Å². The van der Waals surface area contributed by atoms with Gasteiger partial charge in [-0.2, -0.15) is 0 Å². The second-order valence-corrected chi connectivity index (χ2v) is 10.4. The highest BCUT2D eigenvalue weighted by atomic mass is 32.2. The third-order valence-electron chi connectivity index (χ3n) is 4.47. The van der Waals surface area contributed by atoms with Crippen LogP contribution in [-0.4, -0.2) is 41.3 Å². The van der Waals surface area contributed by atoms with Crippen molar-refractivity contribution in [3.05, 3.63) is 41.3 Å². The fourth-order valence-corrected chi connectivity index (χ4v) is 5.48. The van der Waals surface area contributed by atoms with Crippen molar-refractivity contribution < 1.29 is 17.6 Å². The van der Waals surface area contributed by atoms with Gasteiger partial charge < -0.3 is 9.73 Å². The molecule has 9 heteroatoms. The highest BCUT2D eigenvalue weighted by Crippen LogP contribution is 2.25. The highest BCUT2D eigenvalue weighted by molar-refractivity contribution is 8.00. The lowest BCUT2D eigenvalue weighted by Gasteiger charge is -2.10. The molecular weight excluding hydrogens is 386 g/mol. The Bertz CT molecular complexity index is 894. The van der Waals surface area contributed by atoms with Crippen molar-refractivity contribution in [2.45, 2.75) is 43.7 Å². The first-order valence-corrected chi connectivity index (χ1v) is 11.5. The number of thioether (sulfide) groups is 1. The second kappa shape index (κ2) is 8.43. The summed E-state index contributed by atoms with van der Waals surface area (Å²) >= 11 is 1.20. The molecule has 1 aliphatic rings. The first kappa shape index (κ1) is 19.9. The van der Waals surface area contributed by atoms with Crippen LogP contribution in [0.1, 0.15) is 30.4 Å². The molecule has 0 radical (unpaired) electrons. The molecule has 0 bridgehead atoms. The van der Waals surface area contributed by atoms with Crippen LogP contribution in [0.3, 0.4) is 0 Å². The molecular formula is C18H23N3O4S2. The summed E-state index contributed by atoms with van der Waals surface area (Å²) in [5.74, 6) is 0.749. The number of aromatic nitrogens is 2. The Kier molecular flexibility index (Phi) is 6.21. The maximum Gasteiger partial charge on any atom is 0.277 e. The molecule has 27 heavy (non-hydrogen) atoms. The number of aryl methyl sites for hydroxylation is 1. The van der Waals surface area contributed by atoms with E-state index < -0.39 is 9.84 Å². The van der Waals surface area contributed by atoms with Gasteiger partial charge in [-0.15, -0.1) is 10.2 Å². The van der Waals surface area contributed by atoms with Crippen LogP contribution in [0.5, 0.6) is 0 Å². The predicted octanol–water partition coefficient (Wildman–Crippen LogP) is 2.15. The van der Waals surface area contributed by atoms with Crippen LogP contribution in [0, 0.1) is 12.8 Å².